The van der Waals surface area contributed by atoms with Crippen LogP contribution in [0.4, 0.5) is 5.69 Å². The predicted molar refractivity (Wildman–Crippen MR) is 77.9 cm³/mol. The molecule has 0 saturated carbocycles. The normalized spacial score (nSPS) is 16.2. The van der Waals surface area contributed by atoms with Gasteiger partial charge in [-0.1, -0.05) is 30.3 Å². The van der Waals surface area contributed by atoms with Crippen LogP contribution < -0.4 is 10.1 Å². The van der Waals surface area contributed by atoms with Gasteiger partial charge in [0.25, 0.3) is 0 Å². The Kier molecular flexibility index (Phi) is 2.47. The van der Waals surface area contributed by atoms with Gasteiger partial charge in [0.15, 0.2) is 0 Å². The molecule has 19 heavy (non-hydrogen) atoms. The number of rotatable bonds is 1. The second-order valence-electron chi connectivity index (χ2n) is 5.25. The van der Waals surface area contributed by atoms with E-state index in [4.69, 9.17) is 4.74 Å². The summed E-state index contributed by atoms with van der Waals surface area (Å²) in [6, 6.07) is 13.1. The third-order valence-corrected chi connectivity index (χ3v) is 4.09. The van der Waals surface area contributed by atoms with Crippen molar-refractivity contribution in [1.82, 2.24) is 0 Å². The Balaban J connectivity index is 1.92. The van der Waals surface area contributed by atoms with E-state index < -0.39 is 0 Å². The van der Waals surface area contributed by atoms with Crippen LogP contribution in [-0.4, -0.2) is 13.2 Å². The van der Waals surface area contributed by atoms with E-state index in [0.29, 0.717) is 0 Å². The highest BCUT2D eigenvalue weighted by Crippen LogP contribution is 2.40. The fourth-order valence-electron chi connectivity index (χ4n) is 3.20. The van der Waals surface area contributed by atoms with E-state index >= 15 is 0 Å². The van der Waals surface area contributed by atoms with E-state index in [2.05, 4.69) is 41.7 Å². The Morgan fingerprint density at radius 3 is 2.84 bits per heavy atom. The van der Waals surface area contributed by atoms with E-state index in [1.807, 2.05) is 0 Å². The maximum Gasteiger partial charge on any atom is 0.130 e. The summed E-state index contributed by atoms with van der Waals surface area (Å²) in [7, 11) is 0. The van der Waals surface area contributed by atoms with Crippen LogP contribution in [0.25, 0.3) is 11.1 Å². The zero-order valence-electron chi connectivity index (χ0n) is 10.9. The number of hydrogen-bond donors (Lipinski definition) is 1. The molecule has 2 nitrogen and oxygen atoms in total. The molecule has 4 rings (SSSR count). The van der Waals surface area contributed by atoms with Crippen LogP contribution in [0, 0.1) is 0 Å². The fraction of sp³-hybridized carbons (Fsp3) is 0.294. The van der Waals surface area contributed by atoms with Gasteiger partial charge in [-0.05, 0) is 42.0 Å². The molecule has 0 radical (unpaired) electrons. The van der Waals surface area contributed by atoms with Crippen molar-refractivity contribution < 1.29 is 4.74 Å². The number of ether oxygens (including phenoxy) is 1. The first kappa shape index (κ1) is 10.9. The third-order valence-electron chi connectivity index (χ3n) is 4.09. The number of hydrogen-bond acceptors (Lipinski definition) is 2. The molecular weight excluding hydrogens is 234 g/mol. The molecule has 2 heterocycles. The van der Waals surface area contributed by atoms with Crippen molar-refractivity contribution in [2.24, 2.45) is 0 Å². The summed E-state index contributed by atoms with van der Waals surface area (Å²) in [6.07, 6.45) is 3.37. The van der Waals surface area contributed by atoms with Gasteiger partial charge in [-0.15, -0.1) is 0 Å². The summed E-state index contributed by atoms with van der Waals surface area (Å²) in [5, 5.41) is 3.45. The highest BCUT2D eigenvalue weighted by Gasteiger charge is 2.20. The van der Waals surface area contributed by atoms with Gasteiger partial charge in [0.1, 0.15) is 5.75 Å². The lowest BCUT2D eigenvalue weighted by atomic mass is 9.93. The molecule has 0 saturated heterocycles. The zero-order valence-corrected chi connectivity index (χ0v) is 10.9. The van der Waals surface area contributed by atoms with Gasteiger partial charge in [0, 0.05) is 17.8 Å². The van der Waals surface area contributed by atoms with Gasteiger partial charge in [-0.2, -0.15) is 0 Å². The Morgan fingerprint density at radius 1 is 0.947 bits per heavy atom. The van der Waals surface area contributed by atoms with Gasteiger partial charge < -0.3 is 10.1 Å². The molecule has 0 fully saturated rings. The number of aryl methyl sites for hydroxylation is 1. The summed E-state index contributed by atoms with van der Waals surface area (Å²) in [5.41, 5.74) is 6.67. The molecule has 2 aromatic carbocycles. The summed E-state index contributed by atoms with van der Waals surface area (Å²) in [4.78, 5) is 0. The van der Waals surface area contributed by atoms with Crippen molar-refractivity contribution in [3.63, 3.8) is 0 Å². The molecule has 2 aliphatic rings. The average molecular weight is 251 g/mol. The van der Waals surface area contributed by atoms with Gasteiger partial charge in [-0.25, -0.2) is 0 Å². The molecule has 0 unspecified atom stereocenters. The fourth-order valence-corrected chi connectivity index (χ4v) is 3.20. The van der Waals surface area contributed by atoms with Crippen molar-refractivity contribution in [1.29, 1.82) is 0 Å². The van der Waals surface area contributed by atoms with Gasteiger partial charge >= 0.3 is 0 Å². The van der Waals surface area contributed by atoms with E-state index in [1.165, 1.54) is 27.9 Å². The summed E-state index contributed by atoms with van der Waals surface area (Å²) >= 11 is 0. The Labute approximate surface area is 113 Å². The van der Waals surface area contributed by atoms with Gasteiger partial charge in [0.05, 0.1) is 6.61 Å². The highest BCUT2D eigenvalue weighted by molar-refractivity contribution is 5.80. The molecule has 0 atom stereocenters. The number of benzene rings is 2. The van der Waals surface area contributed by atoms with Crippen LogP contribution in [0.2, 0.25) is 0 Å². The maximum absolute atomic E-state index is 5.95. The number of nitrogens with one attached hydrogen (secondary N) is 1. The molecule has 96 valence electrons. The monoisotopic (exact) mass is 251 g/mol. The number of anilines is 1. The van der Waals surface area contributed by atoms with Crippen LogP contribution in [-0.2, 0) is 12.8 Å². The second kappa shape index (κ2) is 4.30. The lowest BCUT2D eigenvalue weighted by Gasteiger charge is -2.21. The quantitative estimate of drug-likeness (QED) is 0.835. The highest BCUT2D eigenvalue weighted by atomic mass is 16.5. The first-order valence-corrected chi connectivity index (χ1v) is 7.04. The Bertz CT molecular complexity index is 633. The largest absolute Gasteiger partial charge is 0.493 e. The molecule has 2 aromatic rings. The number of para-hydroxylation sites is 1. The second-order valence-corrected chi connectivity index (χ2v) is 5.25. The standard InChI is InChI=1S/C17H17NO/c1-4-12-5-3-11-19-17(12)15(7-1)13-6-2-8-16-14(13)9-10-18-16/h1-2,4,6-8,18H,3,5,9-11H2. The van der Waals surface area contributed by atoms with E-state index in [9.17, 15) is 0 Å². The topological polar surface area (TPSA) is 21.3 Å². The molecule has 0 spiro atoms. The molecule has 0 aromatic heterocycles. The Morgan fingerprint density at radius 2 is 1.84 bits per heavy atom. The van der Waals surface area contributed by atoms with Crippen LogP contribution in [0.1, 0.15) is 17.5 Å². The number of fused-ring (bicyclic) bond motifs is 2. The van der Waals surface area contributed by atoms with Crippen LogP contribution in [0.5, 0.6) is 5.75 Å². The van der Waals surface area contributed by atoms with Crippen molar-refractivity contribution >= 4 is 5.69 Å². The van der Waals surface area contributed by atoms with Crippen molar-refractivity contribution in [3.8, 4) is 16.9 Å². The minimum Gasteiger partial charge on any atom is -0.493 e. The van der Waals surface area contributed by atoms with Crippen LogP contribution in [0.15, 0.2) is 36.4 Å². The molecule has 2 aliphatic heterocycles. The molecule has 0 bridgehead atoms. The lowest BCUT2D eigenvalue weighted by molar-refractivity contribution is 0.289. The van der Waals surface area contributed by atoms with Gasteiger partial charge in [-0.3, -0.25) is 0 Å². The summed E-state index contributed by atoms with van der Waals surface area (Å²) in [6.45, 7) is 1.89. The van der Waals surface area contributed by atoms with Crippen molar-refractivity contribution in [3.05, 3.63) is 47.5 Å². The zero-order chi connectivity index (χ0) is 12.7. The Hall–Kier alpha value is -1.96. The van der Waals surface area contributed by atoms with Crippen LogP contribution in [0.3, 0.4) is 0 Å². The molecule has 0 aliphatic carbocycles. The molecule has 2 heteroatoms. The molecular formula is C17H17NO. The van der Waals surface area contributed by atoms with E-state index in [1.54, 1.807) is 0 Å². The lowest BCUT2D eigenvalue weighted by Crippen LogP contribution is -2.09. The first-order valence-electron chi connectivity index (χ1n) is 7.04. The summed E-state index contributed by atoms with van der Waals surface area (Å²) in [5.74, 6) is 1.11. The third kappa shape index (κ3) is 1.71. The maximum atomic E-state index is 5.95. The SMILES string of the molecule is c1cc2c(c(-c3cccc4c3OCCC4)c1)CCN2. The minimum atomic E-state index is 0.845. The van der Waals surface area contributed by atoms with Crippen molar-refractivity contribution in [2.75, 3.05) is 18.5 Å². The average Bonchev–Trinajstić information content (AvgIpc) is 2.95. The van der Waals surface area contributed by atoms with Crippen molar-refractivity contribution in [2.45, 2.75) is 19.3 Å². The summed E-state index contributed by atoms with van der Waals surface area (Å²) < 4.78 is 5.95. The first-order chi connectivity index (χ1) is 9.43. The molecule has 1 N–H and O–H groups in total. The predicted octanol–water partition coefficient (Wildman–Crippen LogP) is 3.65. The van der Waals surface area contributed by atoms with E-state index in [0.717, 1.165) is 38.2 Å². The van der Waals surface area contributed by atoms with E-state index in [-0.39, 0.29) is 0 Å². The van der Waals surface area contributed by atoms with Gasteiger partial charge in [0.2, 0.25) is 0 Å². The molecule has 0 amide bonds. The van der Waals surface area contributed by atoms with Crippen LogP contribution >= 0.6 is 0 Å². The minimum absolute atomic E-state index is 0.845. The smallest absolute Gasteiger partial charge is 0.130 e.